The van der Waals surface area contributed by atoms with Crippen LogP contribution in [0, 0.1) is 12.8 Å². The van der Waals surface area contributed by atoms with E-state index in [1.54, 1.807) is 0 Å². The van der Waals surface area contributed by atoms with Crippen LogP contribution in [0.2, 0.25) is 0 Å². The van der Waals surface area contributed by atoms with E-state index in [1.165, 1.54) is 11.2 Å². The number of hydrogen-bond donors (Lipinski definition) is 1. The van der Waals surface area contributed by atoms with Crippen LogP contribution in [-0.4, -0.2) is 36.4 Å². The number of aryl methyl sites for hydroxylation is 1. The molecule has 1 aromatic rings. The van der Waals surface area contributed by atoms with Gasteiger partial charge in [0.2, 0.25) is 15.8 Å². The van der Waals surface area contributed by atoms with Crippen molar-refractivity contribution >= 4 is 16.0 Å². The lowest BCUT2D eigenvalue weighted by molar-refractivity contribution is 0.0661. The molecule has 0 radical (unpaired) electrons. The number of carbonyl (C=O) groups is 1. The summed E-state index contributed by atoms with van der Waals surface area (Å²) in [6, 6.07) is 0.996. The largest absolute Gasteiger partial charge is 0.475 e. The quantitative estimate of drug-likeness (QED) is 0.923. The number of sulfonamides is 1. The summed E-state index contributed by atoms with van der Waals surface area (Å²) in [6.45, 7) is 5.84. The van der Waals surface area contributed by atoms with E-state index in [0.29, 0.717) is 6.54 Å². The van der Waals surface area contributed by atoms with Crippen LogP contribution in [-0.2, 0) is 10.0 Å². The van der Waals surface area contributed by atoms with Gasteiger partial charge < -0.3 is 9.52 Å². The van der Waals surface area contributed by atoms with Crippen LogP contribution < -0.4 is 0 Å². The molecule has 6 nitrogen and oxygen atoms in total. The second-order valence-electron chi connectivity index (χ2n) is 5.31. The first-order valence-electron chi connectivity index (χ1n) is 6.60. The van der Waals surface area contributed by atoms with Crippen LogP contribution in [0.4, 0.5) is 0 Å². The third-order valence-corrected chi connectivity index (χ3v) is 6.08. The second kappa shape index (κ2) is 5.21. The van der Waals surface area contributed by atoms with Crippen molar-refractivity contribution in [1.82, 2.24) is 4.31 Å². The van der Waals surface area contributed by atoms with Gasteiger partial charge >= 0.3 is 5.97 Å². The number of aromatic carboxylic acids is 1. The summed E-state index contributed by atoms with van der Waals surface area (Å²) in [5.41, 5.74) is 0. The molecule has 2 atom stereocenters. The van der Waals surface area contributed by atoms with Gasteiger partial charge in [-0.2, -0.15) is 4.31 Å². The Morgan fingerprint density at radius 1 is 1.45 bits per heavy atom. The van der Waals surface area contributed by atoms with Crippen molar-refractivity contribution in [2.24, 2.45) is 5.92 Å². The average Bonchev–Trinajstić information content (AvgIpc) is 2.75. The Hall–Kier alpha value is -1.34. The standard InChI is InChI=1S/C13H19NO5S/c1-8-5-4-6-14(9(8)2)20(17,18)12-7-11(13(15)16)19-10(12)3/h7-9H,4-6H2,1-3H3,(H,15,16). The van der Waals surface area contributed by atoms with Crippen molar-refractivity contribution in [3.63, 3.8) is 0 Å². The van der Waals surface area contributed by atoms with E-state index in [9.17, 15) is 13.2 Å². The summed E-state index contributed by atoms with van der Waals surface area (Å²) in [5.74, 6) is -1.22. The van der Waals surface area contributed by atoms with Gasteiger partial charge in [0.05, 0.1) is 0 Å². The Kier molecular flexibility index (Phi) is 3.93. The lowest BCUT2D eigenvalue weighted by Gasteiger charge is -2.36. The Balaban J connectivity index is 2.42. The van der Waals surface area contributed by atoms with Crippen molar-refractivity contribution in [2.45, 2.75) is 44.6 Å². The summed E-state index contributed by atoms with van der Waals surface area (Å²) in [7, 11) is -3.71. The predicted molar refractivity (Wildman–Crippen MR) is 72.2 cm³/mol. The normalized spacial score (nSPS) is 24.8. The van der Waals surface area contributed by atoms with E-state index in [2.05, 4.69) is 0 Å². The Morgan fingerprint density at radius 3 is 2.65 bits per heavy atom. The van der Waals surface area contributed by atoms with Crippen LogP contribution in [0.25, 0.3) is 0 Å². The zero-order chi connectivity index (χ0) is 15.1. The van der Waals surface area contributed by atoms with Gasteiger partial charge in [0.25, 0.3) is 0 Å². The van der Waals surface area contributed by atoms with E-state index in [0.717, 1.165) is 18.9 Å². The number of piperidine rings is 1. The van der Waals surface area contributed by atoms with Crippen molar-refractivity contribution < 1.29 is 22.7 Å². The number of carboxylic acids is 1. The topological polar surface area (TPSA) is 87.8 Å². The van der Waals surface area contributed by atoms with Crippen LogP contribution in [0.3, 0.4) is 0 Å². The first kappa shape index (κ1) is 15.1. The van der Waals surface area contributed by atoms with E-state index >= 15 is 0 Å². The van der Waals surface area contributed by atoms with E-state index in [4.69, 9.17) is 9.52 Å². The molecule has 1 fully saturated rings. The zero-order valence-electron chi connectivity index (χ0n) is 11.8. The highest BCUT2D eigenvalue weighted by Crippen LogP contribution is 2.31. The first-order chi connectivity index (χ1) is 9.25. The highest BCUT2D eigenvalue weighted by atomic mass is 32.2. The smallest absolute Gasteiger partial charge is 0.371 e. The molecule has 7 heteroatoms. The Labute approximate surface area is 118 Å². The van der Waals surface area contributed by atoms with Crippen LogP contribution in [0.1, 0.15) is 43.0 Å². The molecule has 0 aliphatic carbocycles. The van der Waals surface area contributed by atoms with Crippen LogP contribution in [0.15, 0.2) is 15.4 Å². The molecule has 112 valence electrons. The van der Waals surface area contributed by atoms with Crippen LogP contribution >= 0.6 is 0 Å². The predicted octanol–water partition coefficient (Wildman–Crippen LogP) is 2.10. The number of hydrogen-bond acceptors (Lipinski definition) is 4. The molecule has 0 amide bonds. The maximum atomic E-state index is 12.7. The molecule has 1 saturated heterocycles. The zero-order valence-corrected chi connectivity index (χ0v) is 12.6. The van der Waals surface area contributed by atoms with Crippen LogP contribution in [0.5, 0.6) is 0 Å². The summed E-state index contributed by atoms with van der Waals surface area (Å²) in [5, 5.41) is 8.89. The molecular weight excluding hydrogens is 282 g/mol. The minimum Gasteiger partial charge on any atom is -0.475 e. The highest BCUT2D eigenvalue weighted by Gasteiger charge is 2.36. The molecule has 2 heterocycles. The maximum Gasteiger partial charge on any atom is 0.371 e. The van der Waals surface area contributed by atoms with Crippen molar-refractivity contribution in [2.75, 3.05) is 6.54 Å². The third kappa shape index (κ3) is 2.47. The highest BCUT2D eigenvalue weighted by molar-refractivity contribution is 7.89. The van der Waals surface area contributed by atoms with Gasteiger partial charge in [-0.25, -0.2) is 13.2 Å². The fourth-order valence-corrected chi connectivity index (χ4v) is 4.52. The molecule has 1 N–H and O–H groups in total. The molecule has 0 bridgehead atoms. The Bertz CT molecular complexity index is 619. The molecule has 2 unspecified atom stereocenters. The summed E-state index contributed by atoms with van der Waals surface area (Å²) < 4.78 is 31.8. The summed E-state index contributed by atoms with van der Waals surface area (Å²) in [4.78, 5) is 10.8. The minimum atomic E-state index is -3.71. The lowest BCUT2D eigenvalue weighted by atomic mass is 9.94. The summed E-state index contributed by atoms with van der Waals surface area (Å²) in [6.07, 6.45) is 1.81. The SMILES string of the molecule is Cc1oc(C(=O)O)cc1S(=O)(=O)N1CCCC(C)C1C. The van der Waals surface area contributed by atoms with Gasteiger partial charge in [0, 0.05) is 18.7 Å². The number of nitrogens with zero attached hydrogens (tertiary/aromatic N) is 1. The Morgan fingerprint density at radius 2 is 2.10 bits per heavy atom. The molecule has 1 aliphatic rings. The van der Waals surface area contributed by atoms with Gasteiger partial charge in [-0.15, -0.1) is 0 Å². The van der Waals surface area contributed by atoms with Crippen molar-refractivity contribution in [3.8, 4) is 0 Å². The number of carboxylic acid groups (broad SMARTS) is 1. The molecule has 1 aliphatic heterocycles. The van der Waals surface area contributed by atoms with Gasteiger partial charge in [0.1, 0.15) is 10.7 Å². The summed E-state index contributed by atoms with van der Waals surface area (Å²) >= 11 is 0. The fraction of sp³-hybridized carbons (Fsp3) is 0.615. The molecule has 0 spiro atoms. The minimum absolute atomic E-state index is 0.0455. The fourth-order valence-electron chi connectivity index (χ4n) is 2.59. The third-order valence-electron chi connectivity index (χ3n) is 3.99. The van der Waals surface area contributed by atoms with Crippen molar-refractivity contribution in [1.29, 1.82) is 0 Å². The average molecular weight is 301 g/mol. The van der Waals surface area contributed by atoms with Gasteiger partial charge in [-0.05, 0) is 32.6 Å². The molecule has 20 heavy (non-hydrogen) atoms. The first-order valence-corrected chi connectivity index (χ1v) is 8.04. The molecule has 1 aromatic heterocycles. The van der Waals surface area contributed by atoms with Gasteiger partial charge in [-0.1, -0.05) is 6.92 Å². The monoisotopic (exact) mass is 301 g/mol. The van der Waals surface area contributed by atoms with Gasteiger partial charge in [-0.3, -0.25) is 0 Å². The second-order valence-corrected chi connectivity index (χ2v) is 7.17. The van der Waals surface area contributed by atoms with Crippen molar-refractivity contribution in [3.05, 3.63) is 17.6 Å². The maximum absolute atomic E-state index is 12.7. The van der Waals surface area contributed by atoms with E-state index < -0.39 is 16.0 Å². The van der Waals surface area contributed by atoms with Gasteiger partial charge in [0.15, 0.2) is 0 Å². The lowest BCUT2D eigenvalue weighted by Crippen LogP contribution is -2.45. The number of rotatable bonds is 3. The number of furan rings is 1. The molecule has 0 saturated carbocycles. The molecular formula is C13H19NO5S. The molecule has 2 rings (SSSR count). The van der Waals surface area contributed by atoms with E-state index in [-0.39, 0.29) is 28.4 Å². The molecule has 0 aromatic carbocycles. The van der Waals surface area contributed by atoms with E-state index in [1.807, 2.05) is 13.8 Å².